The fourth-order valence-corrected chi connectivity index (χ4v) is 3.98. The zero-order valence-electron chi connectivity index (χ0n) is 18.8. The average molecular weight is 442 g/mol. The van der Waals surface area contributed by atoms with Gasteiger partial charge in [-0.25, -0.2) is 4.68 Å². The van der Waals surface area contributed by atoms with E-state index in [1.807, 2.05) is 12.2 Å². The van der Waals surface area contributed by atoms with Crippen molar-refractivity contribution in [2.45, 2.75) is 20.0 Å². The van der Waals surface area contributed by atoms with Crippen LogP contribution in [0.25, 0.3) is 10.9 Å². The fraction of sp³-hybridized carbons (Fsp3) is 0.435. The first-order valence-electron chi connectivity index (χ1n) is 10.7. The molecule has 1 aliphatic heterocycles. The maximum absolute atomic E-state index is 12.9. The van der Waals surface area contributed by atoms with Crippen LogP contribution < -0.4 is 11.1 Å². The van der Waals surface area contributed by atoms with Crippen LogP contribution in [0, 0.1) is 6.92 Å². The zero-order valence-corrected chi connectivity index (χ0v) is 18.8. The lowest BCUT2D eigenvalue weighted by Crippen LogP contribution is -2.50. The van der Waals surface area contributed by atoms with Crippen LogP contribution in [-0.2, 0) is 22.6 Å². The number of pyridine rings is 1. The molecule has 172 valence electrons. The number of hydrogen-bond acceptors (Lipinski definition) is 5. The summed E-state index contributed by atoms with van der Waals surface area (Å²) < 4.78 is 7.83. The molecule has 9 nitrogen and oxygen atoms in total. The molecule has 0 unspecified atom stereocenters. The van der Waals surface area contributed by atoms with Crippen LogP contribution in [-0.4, -0.2) is 76.5 Å². The van der Waals surface area contributed by atoms with Crippen LogP contribution >= 0.6 is 0 Å². The number of aromatic nitrogens is 3. The third-order valence-corrected chi connectivity index (χ3v) is 5.82. The van der Waals surface area contributed by atoms with Crippen molar-refractivity contribution in [3.8, 4) is 0 Å². The molecular weight excluding hydrogens is 410 g/mol. The number of nitrogens with zero attached hydrogens (tertiary/aromatic N) is 4. The molecule has 0 radical (unpaired) electrons. The lowest BCUT2D eigenvalue weighted by Gasteiger charge is -2.35. The Hall–Kier alpha value is -3.17. The van der Waals surface area contributed by atoms with Gasteiger partial charge in [-0.2, -0.15) is 0 Å². The third-order valence-electron chi connectivity index (χ3n) is 5.82. The van der Waals surface area contributed by atoms with Crippen LogP contribution in [0.1, 0.15) is 5.69 Å². The fourth-order valence-electron chi connectivity index (χ4n) is 3.98. The molecule has 9 heteroatoms. The maximum atomic E-state index is 12.9. The van der Waals surface area contributed by atoms with Crippen molar-refractivity contribution in [2.75, 3.05) is 46.4 Å². The molecule has 0 spiro atoms. The molecule has 1 amide bonds. The number of hydrogen-bond donors (Lipinski definition) is 1. The van der Waals surface area contributed by atoms with Crippen LogP contribution in [0.3, 0.4) is 0 Å². The molecular formula is C23H31N5O4. The number of H-pyrrole nitrogens is 1. The quantitative estimate of drug-likeness (QED) is 0.584. The summed E-state index contributed by atoms with van der Waals surface area (Å²) in [7, 11) is 1.56. The number of piperazine rings is 1. The van der Waals surface area contributed by atoms with Crippen LogP contribution in [0.15, 0.2) is 52.6 Å². The Kier molecular flexibility index (Phi) is 7.66. The normalized spacial score (nSPS) is 15.3. The van der Waals surface area contributed by atoms with Gasteiger partial charge in [0.2, 0.25) is 5.91 Å². The Morgan fingerprint density at radius 1 is 1.19 bits per heavy atom. The Morgan fingerprint density at radius 3 is 2.53 bits per heavy atom. The Balaban J connectivity index is 1.72. The first-order valence-corrected chi connectivity index (χ1v) is 10.7. The molecule has 32 heavy (non-hydrogen) atoms. The standard InChI is InChI=1S/C23H31N5O4/c1-5-7-18(6-2)15-25-8-10-26(11-9-25)21(30)16-27-17(3)22-19(14-20(27)29)24-28(23(22)31)12-13-32-4/h5-7,14,24H,1-2,8-13,15-16H2,3-4H3/b18-7+. The Bertz CT molecular complexity index is 1150. The van der Waals surface area contributed by atoms with Gasteiger partial charge in [0.05, 0.1) is 24.1 Å². The number of aromatic amines is 1. The molecule has 1 saturated heterocycles. The number of carbonyl (C=O) groups is 1. The van der Waals surface area contributed by atoms with Gasteiger partial charge in [0.15, 0.2) is 0 Å². The molecule has 0 atom stereocenters. The summed E-state index contributed by atoms with van der Waals surface area (Å²) in [6.45, 7) is 13.3. The van der Waals surface area contributed by atoms with E-state index in [4.69, 9.17) is 4.74 Å². The van der Waals surface area contributed by atoms with Gasteiger partial charge >= 0.3 is 0 Å². The minimum absolute atomic E-state index is 0.0857. The number of aryl methyl sites for hydroxylation is 1. The van der Waals surface area contributed by atoms with E-state index in [1.54, 1.807) is 25.0 Å². The van der Waals surface area contributed by atoms with Crippen molar-refractivity contribution < 1.29 is 9.53 Å². The van der Waals surface area contributed by atoms with E-state index in [2.05, 4.69) is 23.2 Å². The van der Waals surface area contributed by atoms with E-state index in [0.29, 0.717) is 42.8 Å². The monoisotopic (exact) mass is 441 g/mol. The van der Waals surface area contributed by atoms with E-state index in [1.165, 1.54) is 15.3 Å². The number of rotatable bonds is 9. The summed E-state index contributed by atoms with van der Waals surface area (Å²) in [5, 5.41) is 3.37. The average Bonchev–Trinajstić information content (AvgIpc) is 3.10. The predicted molar refractivity (Wildman–Crippen MR) is 125 cm³/mol. The largest absolute Gasteiger partial charge is 0.383 e. The van der Waals surface area contributed by atoms with E-state index >= 15 is 0 Å². The summed E-state index contributed by atoms with van der Waals surface area (Å²) in [5.74, 6) is -0.130. The maximum Gasteiger partial charge on any atom is 0.276 e. The lowest BCUT2D eigenvalue weighted by molar-refractivity contribution is -0.133. The van der Waals surface area contributed by atoms with Gasteiger partial charge in [-0.05, 0) is 12.5 Å². The second kappa shape index (κ2) is 10.4. The topological polar surface area (TPSA) is 92.6 Å². The minimum Gasteiger partial charge on any atom is -0.383 e. The van der Waals surface area contributed by atoms with E-state index in [0.717, 1.165) is 25.2 Å². The number of allylic oxidation sites excluding steroid dienone is 2. The van der Waals surface area contributed by atoms with E-state index in [-0.39, 0.29) is 23.6 Å². The highest BCUT2D eigenvalue weighted by molar-refractivity contribution is 5.81. The summed E-state index contributed by atoms with van der Waals surface area (Å²) in [6, 6.07) is 1.38. The summed E-state index contributed by atoms with van der Waals surface area (Å²) >= 11 is 0. The van der Waals surface area contributed by atoms with Gasteiger partial charge in [0.1, 0.15) is 6.54 Å². The molecule has 0 bridgehead atoms. The second-order valence-corrected chi connectivity index (χ2v) is 7.84. The highest BCUT2D eigenvalue weighted by atomic mass is 16.5. The van der Waals surface area contributed by atoms with Crippen molar-refractivity contribution in [1.82, 2.24) is 24.1 Å². The number of amides is 1. The summed E-state index contributed by atoms with van der Waals surface area (Å²) in [4.78, 5) is 42.4. The van der Waals surface area contributed by atoms with Crippen molar-refractivity contribution in [3.63, 3.8) is 0 Å². The van der Waals surface area contributed by atoms with Gasteiger partial charge in [-0.3, -0.25) is 24.4 Å². The van der Waals surface area contributed by atoms with Gasteiger partial charge in [0.25, 0.3) is 11.1 Å². The van der Waals surface area contributed by atoms with E-state index in [9.17, 15) is 14.4 Å². The minimum atomic E-state index is -0.313. The highest BCUT2D eigenvalue weighted by Crippen LogP contribution is 2.12. The molecule has 2 aromatic heterocycles. The van der Waals surface area contributed by atoms with Crippen molar-refractivity contribution >= 4 is 16.8 Å². The predicted octanol–water partition coefficient (Wildman–Crippen LogP) is 0.889. The summed E-state index contributed by atoms with van der Waals surface area (Å²) in [6.07, 6.45) is 5.49. The SMILES string of the molecule is C=C/C=C(\C=C)CN1CCN(C(=O)Cn2c(C)c3c(=O)n(CCOC)[nH]c3cc2=O)CC1. The Labute approximate surface area is 186 Å². The first kappa shape index (κ1) is 23.5. The van der Waals surface area contributed by atoms with Crippen LogP contribution in [0.2, 0.25) is 0 Å². The highest BCUT2D eigenvalue weighted by Gasteiger charge is 2.23. The molecule has 0 aromatic carbocycles. The molecule has 0 saturated carbocycles. The number of fused-ring (bicyclic) bond motifs is 1. The first-order chi connectivity index (χ1) is 15.4. The van der Waals surface area contributed by atoms with Crippen LogP contribution in [0.5, 0.6) is 0 Å². The van der Waals surface area contributed by atoms with Crippen molar-refractivity contribution in [1.29, 1.82) is 0 Å². The zero-order chi connectivity index (χ0) is 23.3. The van der Waals surface area contributed by atoms with Crippen molar-refractivity contribution in [2.24, 2.45) is 0 Å². The van der Waals surface area contributed by atoms with Gasteiger partial charge in [-0.15, -0.1) is 0 Å². The third kappa shape index (κ3) is 5.00. The second-order valence-electron chi connectivity index (χ2n) is 7.84. The summed E-state index contributed by atoms with van der Waals surface area (Å²) in [5.41, 5.74) is 1.50. The molecule has 3 heterocycles. The van der Waals surface area contributed by atoms with Crippen molar-refractivity contribution in [3.05, 3.63) is 69.4 Å². The Morgan fingerprint density at radius 2 is 1.91 bits per heavy atom. The molecule has 0 aliphatic carbocycles. The molecule has 1 aliphatic rings. The number of nitrogens with one attached hydrogen (secondary N) is 1. The smallest absolute Gasteiger partial charge is 0.276 e. The number of carbonyl (C=O) groups excluding carboxylic acids is 1. The van der Waals surface area contributed by atoms with Gasteiger partial charge < -0.3 is 14.2 Å². The number of methoxy groups -OCH3 is 1. The van der Waals surface area contributed by atoms with Gasteiger partial charge in [0, 0.05) is 51.6 Å². The molecule has 1 fully saturated rings. The lowest BCUT2D eigenvalue weighted by atomic mass is 10.2. The van der Waals surface area contributed by atoms with E-state index < -0.39 is 0 Å². The molecule has 3 rings (SSSR count). The molecule has 1 N–H and O–H groups in total. The molecule has 2 aromatic rings. The number of ether oxygens (including phenoxy) is 1. The van der Waals surface area contributed by atoms with Crippen LogP contribution in [0.4, 0.5) is 0 Å². The van der Waals surface area contributed by atoms with Gasteiger partial charge in [-0.1, -0.05) is 31.4 Å².